The van der Waals surface area contributed by atoms with Gasteiger partial charge in [-0.25, -0.2) is 9.50 Å². The molecule has 3 rings (SSSR count). The zero-order chi connectivity index (χ0) is 13.2. The van der Waals surface area contributed by atoms with E-state index in [9.17, 15) is 4.21 Å². The van der Waals surface area contributed by atoms with Gasteiger partial charge in [0.25, 0.3) is 0 Å². The standard InChI is InChI=1S/C12H10BrN3OS2/c13-6-7-19(17)12-15-16-10(8-14-11(16)18-12)9-4-2-1-3-5-9/h1-5,8H,6-7H2. The second kappa shape index (κ2) is 5.52. The van der Waals surface area contributed by atoms with Crippen molar-refractivity contribution in [2.75, 3.05) is 11.1 Å². The van der Waals surface area contributed by atoms with Gasteiger partial charge in [0.1, 0.15) is 0 Å². The van der Waals surface area contributed by atoms with Crippen LogP contribution in [0.5, 0.6) is 0 Å². The van der Waals surface area contributed by atoms with Crippen molar-refractivity contribution in [3.8, 4) is 11.3 Å². The Balaban J connectivity index is 2.06. The highest BCUT2D eigenvalue weighted by Gasteiger charge is 2.14. The molecule has 19 heavy (non-hydrogen) atoms. The molecule has 0 N–H and O–H groups in total. The molecule has 0 spiro atoms. The van der Waals surface area contributed by atoms with E-state index in [1.807, 2.05) is 30.3 Å². The number of alkyl halides is 1. The second-order valence-electron chi connectivity index (χ2n) is 3.81. The molecule has 0 radical (unpaired) electrons. The Morgan fingerprint density at radius 2 is 2.11 bits per heavy atom. The third-order valence-electron chi connectivity index (χ3n) is 2.59. The molecule has 1 atom stereocenters. The monoisotopic (exact) mass is 355 g/mol. The van der Waals surface area contributed by atoms with Gasteiger partial charge in [-0.2, -0.15) is 0 Å². The summed E-state index contributed by atoms with van der Waals surface area (Å²) < 4.78 is 14.3. The maximum Gasteiger partial charge on any atom is 0.213 e. The molecular weight excluding hydrogens is 346 g/mol. The van der Waals surface area contributed by atoms with E-state index in [2.05, 4.69) is 26.0 Å². The highest BCUT2D eigenvalue weighted by molar-refractivity contribution is 9.09. The molecule has 0 aliphatic heterocycles. The number of hydrogen-bond donors (Lipinski definition) is 0. The van der Waals surface area contributed by atoms with Crippen LogP contribution < -0.4 is 0 Å². The Labute approximate surface area is 125 Å². The van der Waals surface area contributed by atoms with Crippen LogP contribution in [0.1, 0.15) is 0 Å². The van der Waals surface area contributed by atoms with Gasteiger partial charge in [0.05, 0.1) is 22.7 Å². The number of hydrogen-bond acceptors (Lipinski definition) is 4. The molecule has 0 saturated carbocycles. The van der Waals surface area contributed by atoms with E-state index in [1.165, 1.54) is 11.3 Å². The zero-order valence-electron chi connectivity index (χ0n) is 9.82. The summed E-state index contributed by atoms with van der Waals surface area (Å²) >= 11 is 4.67. The van der Waals surface area contributed by atoms with E-state index in [4.69, 9.17) is 0 Å². The van der Waals surface area contributed by atoms with Crippen molar-refractivity contribution in [3.63, 3.8) is 0 Å². The number of benzene rings is 1. The van der Waals surface area contributed by atoms with Gasteiger partial charge in [-0.1, -0.05) is 57.6 Å². The predicted octanol–water partition coefficient (Wildman–Crippen LogP) is 2.96. The molecule has 2 heterocycles. The smallest absolute Gasteiger partial charge is 0.213 e. The van der Waals surface area contributed by atoms with Crippen LogP contribution in [0.3, 0.4) is 0 Å². The van der Waals surface area contributed by atoms with Crippen molar-refractivity contribution in [1.82, 2.24) is 14.6 Å². The summed E-state index contributed by atoms with van der Waals surface area (Å²) in [5.41, 5.74) is 1.98. The Morgan fingerprint density at radius 1 is 1.32 bits per heavy atom. The lowest BCUT2D eigenvalue weighted by molar-refractivity contribution is 0.681. The van der Waals surface area contributed by atoms with Crippen LogP contribution >= 0.6 is 27.3 Å². The SMILES string of the molecule is O=S(CCBr)c1nn2c(-c3ccccc3)cnc2s1. The average molecular weight is 356 g/mol. The highest BCUT2D eigenvalue weighted by Crippen LogP contribution is 2.24. The number of rotatable bonds is 4. The summed E-state index contributed by atoms with van der Waals surface area (Å²) in [6.45, 7) is 0. The van der Waals surface area contributed by atoms with Crippen molar-refractivity contribution in [2.45, 2.75) is 4.34 Å². The quantitative estimate of drug-likeness (QED) is 0.676. The van der Waals surface area contributed by atoms with Crippen LogP contribution in [0.2, 0.25) is 0 Å². The van der Waals surface area contributed by atoms with Gasteiger partial charge in [-0.15, -0.1) is 5.10 Å². The van der Waals surface area contributed by atoms with E-state index in [1.54, 1.807) is 10.7 Å². The molecule has 7 heteroatoms. The van der Waals surface area contributed by atoms with Crippen LogP contribution in [0.4, 0.5) is 0 Å². The number of imidazole rings is 1. The van der Waals surface area contributed by atoms with Crippen molar-refractivity contribution < 1.29 is 4.21 Å². The highest BCUT2D eigenvalue weighted by atomic mass is 79.9. The number of nitrogens with zero attached hydrogens (tertiary/aromatic N) is 3. The zero-order valence-corrected chi connectivity index (χ0v) is 13.0. The van der Waals surface area contributed by atoms with Crippen molar-refractivity contribution in [1.29, 1.82) is 0 Å². The minimum absolute atomic E-state index is 0.567. The molecule has 0 bridgehead atoms. The van der Waals surface area contributed by atoms with Crippen LogP contribution in [0, 0.1) is 0 Å². The van der Waals surface area contributed by atoms with E-state index in [0.717, 1.165) is 16.2 Å². The molecule has 2 aromatic heterocycles. The van der Waals surface area contributed by atoms with Gasteiger partial charge < -0.3 is 0 Å². The molecule has 0 fully saturated rings. The van der Waals surface area contributed by atoms with Gasteiger partial charge in [-0.05, 0) is 0 Å². The van der Waals surface area contributed by atoms with Crippen LogP contribution in [0.15, 0.2) is 40.9 Å². The fourth-order valence-electron chi connectivity index (χ4n) is 1.73. The molecule has 0 aliphatic rings. The summed E-state index contributed by atoms with van der Waals surface area (Å²) in [5, 5.41) is 5.12. The minimum Gasteiger partial charge on any atom is -0.252 e. The Bertz CT molecular complexity index is 723. The molecule has 98 valence electrons. The van der Waals surface area contributed by atoms with Crippen molar-refractivity contribution >= 4 is 43.0 Å². The molecule has 1 unspecified atom stereocenters. The summed E-state index contributed by atoms with van der Waals surface area (Å²) in [6.07, 6.45) is 1.80. The van der Waals surface area contributed by atoms with Crippen LogP contribution in [-0.4, -0.2) is 29.9 Å². The molecular formula is C12H10BrN3OS2. The topological polar surface area (TPSA) is 47.3 Å². The van der Waals surface area contributed by atoms with E-state index in [-0.39, 0.29) is 0 Å². The van der Waals surface area contributed by atoms with Gasteiger partial charge in [0.15, 0.2) is 0 Å². The lowest BCUT2D eigenvalue weighted by atomic mass is 10.2. The first-order valence-corrected chi connectivity index (χ1v) is 8.89. The first-order valence-electron chi connectivity index (χ1n) is 5.64. The Morgan fingerprint density at radius 3 is 2.84 bits per heavy atom. The second-order valence-corrected chi connectivity index (χ2v) is 7.30. The van der Waals surface area contributed by atoms with Gasteiger partial charge >= 0.3 is 0 Å². The van der Waals surface area contributed by atoms with Crippen molar-refractivity contribution in [2.24, 2.45) is 0 Å². The van der Waals surface area contributed by atoms with Gasteiger partial charge in [0.2, 0.25) is 9.30 Å². The Hall–Kier alpha value is -1.05. The fourth-order valence-corrected chi connectivity index (χ4v) is 4.55. The maximum absolute atomic E-state index is 11.9. The minimum atomic E-state index is -1.06. The molecule has 0 amide bonds. The molecule has 3 aromatic rings. The molecule has 0 aliphatic carbocycles. The van der Waals surface area contributed by atoms with Crippen molar-refractivity contribution in [3.05, 3.63) is 36.5 Å². The van der Waals surface area contributed by atoms with Crippen LogP contribution in [-0.2, 0) is 10.8 Å². The first-order chi connectivity index (χ1) is 9.29. The summed E-state index contributed by atoms with van der Waals surface area (Å²) in [5.74, 6) is 0.567. The molecule has 4 nitrogen and oxygen atoms in total. The first kappa shape index (κ1) is 13.0. The number of aromatic nitrogens is 3. The fraction of sp³-hybridized carbons (Fsp3) is 0.167. The average Bonchev–Trinajstić information content (AvgIpc) is 2.99. The van der Waals surface area contributed by atoms with E-state index >= 15 is 0 Å². The lowest BCUT2D eigenvalue weighted by Gasteiger charge is -1.97. The van der Waals surface area contributed by atoms with E-state index < -0.39 is 10.8 Å². The summed E-state index contributed by atoms with van der Waals surface area (Å²) in [6, 6.07) is 9.95. The van der Waals surface area contributed by atoms with Crippen LogP contribution in [0.25, 0.3) is 16.2 Å². The van der Waals surface area contributed by atoms with Gasteiger partial charge in [-0.3, -0.25) is 4.21 Å². The number of fused-ring (bicyclic) bond motifs is 1. The Kier molecular flexibility index (Phi) is 3.76. The molecule has 1 aromatic carbocycles. The third-order valence-corrected chi connectivity index (χ3v) is 6.09. The normalized spacial score (nSPS) is 12.9. The predicted molar refractivity (Wildman–Crippen MR) is 81.4 cm³/mol. The lowest BCUT2D eigenvalue weighted by Crippen LogP contribution is -1.99. The van der Waals surface area contributed by atoms with Gasteiger partial charge in [0, 0.05) is 16.6 Å². The largest absolute Gasteiger partial charge is 0.252 e. The maximum atomic E-state index is 11.9. The number of halogens is 1. The summed E-state index contributed by atoms with van der Waals surface area (Å²) in [4.78, 5) is 5.11. The summed E-state index contributed by atoms with van der Waals surface area (Å²) in [7, 11) is -1.06. The third kappa shape index (κ3) is 2.50. The molecule has 0 saturated heterocycles. The van der Waals surface area contributed by atoms with E-state index in [0.29, 0.717) is 15.4 Å².